The highest BCUT2D eigenvalue weighted by molar-refractivity contribution is 6.35. The van der Waals surface area contributed by atoms with E-state index in [1.807, 2.05) is 5.32 Å². The van der Waals surface area contributed by atoms with E-state index >= 15 is 0 Å². The van der Waals surface area contributed by atoms with Crippen LogP contribution in [0, 0.1) is 5.92 Å². The molecule has 1 aliphatic rings. The van der Waals surface area contributed by atoms with E-state index in [1.165, 1.54) is 0 Å². The number of amides is 4. The van der Waals surface area contributed by atoms with Gasteiger partial charge >= 0.3 is 6.03 Å². The second-order valence-corrected chi connectivity index (χ2v) is 4.50. The van der Waals surface area contributed by atoms with E-state index in [2.05, 4.69) is 0 Å². The number of carbonyl (C=O) groups is 4. The fourth-order valence-electron chi connectivity index (χ4n) is 1.89. The van der Waals surface area contributed by atoms with E-state index in [-0.39, 0.29) is 6.54 Å². The maximum atomic E-state index is 12.1. The van der Waals surface area contributed by atoms with Gasteiger partial charge < -0.3 is 0 Å². The lowest BCUT2D eigenvalue weighted by atomic mass is 10.00. The lowest BCUT2D eigenvalue weighted by Crippen LogP contribution is -2.59. The first-order chi connectivity index (χ1) is 9.54. The van der Waals surface area contributed by atoms with E-state index in [9.17, 15) is 19.2 Å². The third kappa shape index (κ3) is 2.70. The molecule has 20 heavy (non-hydrogen) atoms. The molecule has 7 heteroatoms. The fourth-order valence-corrected chi connectivity index (χ4v) is 2.04. The summed E-state index contributed by atoms with van der Waals surface area (Å²) < 4.78 is 0. The zero-order chi connectivity index (χ0) is 14.7. The fraction of sp³-hybridized carbons (Fsp3) is 0.231. The zero-order valence-corrected chi connectivity index (χ0v) is 11.1. The number of nitrogens with one attached hydrogen (secondary N) is 1. The molecule has 1 aliphatic heterocycles. The number of nitrogens with zero attached hydrogens (tertiary/aromatic N) is 1. The first-order valence-electron chi connectivity index (χ1n) is 5.83. The van der Waals surface area contributed by atoms with Crippen LogP contribution >= 0.6 is 11.6 Å². The number of hydrogen-bond donors (Lipinski definition) is 1. The van der Waals surface area contributed by atoms with Crippen molar-refractivity contribution in [3.63, 3.8) is 0 Å². The first kappa shape index (κ1) is 14.2. The number of rotatable bonds is 4. The molecular formula is C13H11ClN2O4. The molecule has 1 aromatic carbocycles. The molecule has 0 spiro atoms. The molecular weight excluding hydrogens is 284 g/mol. The molecule has 1 aromatic rings. The van der Waals surface area contributed by atoms with Crippen LogP contribution in [-0.2, 0) is 20.9 Å². The summed E-state index contributed by atoms with van der Waals surface area (Å²) in [6, 6.07) is 7.94. The summed E-state index contributed by atoms with van der Waals surface area (Å²) >= 11 is 5.38. The van der Waals surface area contributed by atoms with Crippen LogP contribution in [0.4, 0.5) is 4.79 Å². The van der Waals surface area contributed by atoms with Crippen molar-refractivity contribution in [2.75, 3.05) is 5.88 Å². The SMILES string of the molecule is O=C(CCl)C1C(=O)NC(=O)N(Cc2ccccc2)C1=O. The predicted molar refractivity (Wildman–Crippen MR) is 69.7 cm³/mol. The van der Waals surface area contributed by atoms with E-state index < -0.39 is 35.4 Å². The van der Waals surface area contributed by atoms with Crippen LogP contribution in [-0.4, -0.2) is 34.4 Å². The Kier molecular flexibility index (Phi) is 4.14. The Morgan fingerprint density at radius 3 is 2.45 bits per heavy atom. The second-order valence-electron chi connectivity index (χ2n) is 4.24. The average Bonchev–Trinajstić information content (AvgIpc) is 2.44. The number of carbonyl (C=O) groups excluding carboxylic acids is 4. The van der Waals surface area contributed by atoms with E-state index in [1.54, 1.807) is 30.3 Å². The lowest BCUT2D eigenvalue weighted by molar-refractivity contribution is -0.147. The summed E-state index contributed by atoms with van der Waals surface area (Å²) in [4.78, 5) is 47.8. The van der Waals surface area contributed by atoms with Crippen LogP contribution in [0.5, 0.6) is 0 Å². The number of halogens is 1. The summed E-state index contributed by atoms with van der Waals surface area (Å²) in [5, 5.41) is 1.99. The zero-order valence-electron chi connectivity index (χ0n) is 10.3. The molecule has 6 nitrogen and oxygen atoms in total. The monoisotopic (exact) mass is 294 g/mol. The first-order valence-corrected chi connectivity index (χ1v) is 6.37. The smallest absolute Gasteiger partial charge is 0.297 e. The van der Waals surface area contributed by atoms with Gasteiger partial charge in [-0.25, -0.2) is 4.79 Å². The third-order valence-corrected chi connectivity index (χ3v) is 3.15. The van der Waals surface area contributed by atoms with Gasteiger partial charge in [-0.05, 0) is 5.56 Å². The topological polar surface area (TPSA) is 83.6 Å². The number of alkyl halides is 1. The van der Waals surface area contributed by atoms with Crippen LogP contribution < -0.4 is 5.32 Å². The minimum atomic E-state index is -1.55. The Morgan fingerprint density at radius 1 is 1.20 bits per heavy atom. The summed E-state index contributed by atoms with van der Waals surface area (Å²) in [6.07, 6.45) is 0. The predicted octanol–water partition coefficient (Wildman–Crippen LogP) is 0.689. The van der Waals surface area contributed by atoms with Gasteiger partial charge in [0.25, 0.3) is 5.91 Å². The quantitative estimate of drug-likeness (QED) is 0.654. The molecule has 0 bridgehead atoms. The number of Topliss-reactive ketones (excluding diaryl/α,β-unsaturated/α-hetero) is 1. The van der Waals surface area contributed by atoms with Gasteiger partial charge in [0.2, 0.25) is 5.91 Å². The molecule has 1 unspecified atom stereocenters. The standard InChI is InChI=1S/C13H11ClN2O4/c14-6-9(17)10-11(18)15-13(20)16(12(10)19)7-8-4-2-1-3-5-8/h1-5,10H,6-7H2,(H,15,18,20). The normalized spacial score (nSPS) is 18.9. The van der Waals surface area contributed by atoms with Crippen LogP contribution in [0.1, 0.15) is 5.56 Å². The van der Waals surface area contributed by atoms with Gasteiger partial charge in [-0.3, -0.25) is 24.6 Å². The number of imide groups is 2. The van der Waals surface area contributed by atoms with Gasteiger partial charge in [-0.2, -0.15) is 0 Å². The van der Waals surface area contributed by atoms with E-state index in [4.69, 9.17) is 11.6 Å². The van der Waals surface area contributed by atoms with Crippen molar-refractivity contribution in [1.82, 2.24) is 10.2 Å². The maximum Gasteiger partial charge on any atom is 0.331 e. The van der Waals surface area contributed by atoms with Gasteiger partial charge in [0.05, 0.1) is 12.4 Å². The Bertz CT molecular complexity index is 573. The summed E-state index contributed by atoms with van der Waals surface area (Å²) in [6.45, 7) is -0.00908. The number of ketones is 1. The molecule has 1 heterocycles. The molecule has 4 amide bonds. The average molecular weight is 295 g/mol. The van der Waals surface area contributed by atoms with E-state index in [0.717, 1.165) is 4.90 Å². The lowest BCUT2D eigenvalue weighted by Gasteiger charge is -2.29. The summed E-state index contributed by atoms with van der Waals surface area (Å²) in [5.41, 5.74) is 0.711. The Labute approximate surface area is 119 Å². The van der Waals surface area contributed by atoms with Gasteiger partial charge in [0.1, 0.15) is 0 Å². The highest BCUT2D eigenvalue weighted by Gasteiger charge is 2.44. The Hall–Kier alpha value is -2.21. The molecule has 0 aromatic heterocycles. The van der Waals surface area contributed by atoms with Crippen molar-refractivity contribution in [1.29, 1.82) is 0 Å². The molecule has 0 radical (unpaired) electrons. The van der Waals surface area contributed by atoms with Crippen LogP contribution in [0.15, 0.2) is 30.3 Å². The summed E-state index contributed by atoms with van der Waals surface area (Å²) in [5.74, 6) is -4.49. The van der Waals surface area contributed by atoms with Gasteiger partial charge in [0.15, 0.2) is 11.7 Å². The second kappa shape index (κ2) is 5.83. The van der Waals surface area contributed by atoms with Gasteiger partial charge in [-0.1, -0.05) is 30.3 Å². The van der Waals surface area contributed by atoms with Crippen molar-refractivity contribution in [2.24, 2.45) is 5.92 Å². The molecule has 1 saturated heterocycles. The molecule has 1 N–H and O–H groups in total. The highest BCUT2D eigenvalue weighted by atomic mass is 35.5. The Morgan fingerprint density at radius 2 is 1.85 bits per heavy atom. The van der Waals surface area contributed by atoms with Crippen molar-refractivity contribution in [2.45, 2.75) is 6.54 Å². The molecule has 1 fully saturated rings. The van der Waals surface area contributed by atoms with Crippen LogP contribution in [0.2, 0.25) is 0 Å². The molecule has 2 rings (SSSR count). The van der Waals surface area contributed by atoms with Crippen molar-refractivity contribution < 1.29 is 19.2 Å². The Balaban J connectivity index is 2.24. The van der Waals surface area contributed by atoms with Crippen molar-refractivity contribution in [3.8, 4) is 0 Å². The number of barbiturate groups is 1. The molecule has 0 saturated carbocycles. The molecule has 104 valence electrons. The van der Waals surface area contributed by atoms with Gasteiger partial charge in [0, 0.05) is 0 Å². The minimum absolute atomic E-state index is 0.00908. The maximum absolute atomic E-state index is 12.1. The summed E-state index contributed by atoms with van der Waals surface area (Å²) in [7, 11) is 0. The third-order valence-electron chi connectivity index (χ3n) is 2.89. The van der Waals surface area contributed by atoms with Gasteiger partial charge in [-0.15, -0.1) is 11.6 Å². The molecule has 0 aliphatic carbocycles. The minimum Gasteiger partial charge on any atom is -0.297 e. The largest absolute Gasteiger partial charge is 0.331 e. The van der Waals surface area contributed by atoms with Crippen LogP contribution in [0.25, 0.3) is 0 Å². The number of hydrogen-bond acceptors (Lipinski definition) is 4. The van der Waals surface area contributed by atoms with E-state index in [0.29, 0.717) is 5.56 Å². The van der Waals surface area contributed by atoms with Crippen LogP contribution in [0.3, 0.4) is 0 Å². The molecule has 1 atom stereocenters. The number of benzene rings is 1. The van der Waals surface area contributed by atoms with Crippen molar-refractivity contribution >= 4 is 35.2 Å². The number of urea groups is 1. The van der Waals surface area contributed by atoms with Crippen molar-refractivity contribution in [3.05, 3.63) is 35.9 Å². The highest BCUT2D eigenvalue weighted by Crippen LogP contribution is 2.15.